The molecule has 0 aliphatic carbocycles. The van der Waals surface area contributed by atoms with Crippen LogP contribution in [0.4, 0.5) is 13.2 Å². The van der Waals surface area contributed by atoms with Gasteiger partial charge in [0, 0.05) is 75.2 Å². The van der Waals surface area contributed by atoms with Crippen molar-refractivity contribution in [3.8, 4) is 11.4 Å². The number of rotatable bonds is 8. The second kappa shape index (κ2) is 17.5. The largest absolute Gasteiger partial charge is 0.496 e. The molecule has 16 heteroatoms. The number of amides is 1. The van der Waals surface area contributed by atoms with Gasteiger partial charge in [-0.2, -0.15) is 17.9 Å². The van der Waals surface area contributed by atoms with Gasteiger partial charge in [-0.15, -0.1) is 42.3 Å². The summed E-state index contributed by atoms with van der Waals surface area (Å²) in [6.45, 7) is 3.51. The van der Waals surface area contributed by atoms with Crippen LogP contribution in [0.15, 0.2) is 103 Å². The van der Waals surface area contributed by atoms with Crippen molar-refractivity contribution in [3.05, 3.63) is 131 Å². The molecule has 2 aliphatic rings. The molecule has 2 atom stereocenters. The molecule has 7 rings (SSSR count). The summed E-state index contributed by atoms with van der Waals surface area (Å²) in [7, 11) is 1.54. The van der Waals surface area contributed by atoms with E-state index in [1.54, 1.807) is 43.8 Å². The SMILES string of the molecule is COc1ccc(-n2nnnc2C(F)(F)F)cc1CN1C[C@@H]2CN(C(=O)c3cccnc3)CCN2[C@H](C(c2ccccc2)c2ccccc2)C1.Cl.Cl.Cl. The Morgan fingerprint density at radius 3 is 2.19 bits per heavy atom. The molecule has 4 heterocycles. The van der Waals surface area contributed by atoms with Crippen LogP contribution in [-0.2, 0) is 12.7 Å². The van der Waals surface area contributed by atoms with E-state index in [1.165, 1.54) is 17.2 Å². The van der Waals surface area contributed by atoms with Crippen LogP contribution in [-0.4, -0.2) is 97.7 Å². The summed E-state index contributed by atoms with van der Waals surface area (Å²) >= 11 is 0. The molecule has 0 spiro atoms. The number of ether oxygens (including phenoxy) is 1. The standard InChI is InChI=1S/C36H35F3N8O2.3ClH/c1-49-32-15-14-29(47-35(36(37,38)39)41-42-43-47)19-28(32)21-44-22-30-23-45(34(48)27-13-8-16-40-20-27)17-18-46(30)31(24-44)33(25-9-4-2-5-10-25)26-11-6-3-7-12-26;;;/h2-16,19-20,30-31,33H,17-18,21-24H2,1H3;3*1H/t30-,31+;;;/m1.../s1. The number of methoxy groups -OCH3 is 1. The first-order valence-corrected chi connectivity index (χ1v) is 16.1. The van der Waals surface area contributed by atoms with Crippen molar-refractivity contribution in [1.82, 2.24) is 39.9 Å². The van der Waals surface area contributed by atoms with Gasteiger partial charge in [0.1, 0.15) is 5.75 Å². The topological polar surface area (TPSA) is 92.5 Å². The van der Waals surface area contributed by atoms with Gasteiger partial charge in [-0.05, 0) is 51.9 Å². The molecule has 276 valence electrons. The first kappa shape index (κ1) is 40.5. The first-order chi connectivity index (χ1) is 23.8. The van der Waals surface area contributed by atoms with Crippen LogP contribution in [0.5, 0.6) is 5.75 Å². The molecular formula is C36H38Cl3F3N8O2. The van der Waals surface area contributed by atoms with Crippen molar-refractivity contribution >= 4 is 43.1 Å². The summed E-state index contributed by atoms with van der Waals surface area (Å²) in [6.07, 6.45) is -1.48. The maximum Gasteiger partial charge on any atom is 0.453 e. The second-order valence-electron chi connectivity index (χ2n) is 12.4. The van der Waals surface area contributed by atoms with Gasteiger partial charge in [0.15, 0.2) is 0 Å². The zero-order valence-electron chi connectivity index (χ0n) is 28.0. The highest BCUT2D eigenvalue weighted by Gasteiger charge is 2.43. The van der Waals surface area contributed by atoms with E-state index >= 15 is 0 Å². The predicted octanol–water partition coefficient (Wildman–Crippen LogP) is 6.19. The smallest absolute Gasteiger partial charge is 0.453 e. The summed E-state index contributed by atoms with van der Waals surface area (Å²) < 4.78 is 47.5. The van der Waals surface area contributed by atoms with E-state index in [0.29, 0.717) is 60.8 Å². The number of benzene rings is 3. The number of fused-ring (bicyclic) bond motifs is 1. The van der Waals surface area contributed by atoms with Crippen LogP contribution in [0.3, 0.4) is 0 Å². The molecule has 3 aromatic carbocycles. The molecule has 2 fully saturated rings. The molecule has 5 aromatic rings. The quantitative estimate of drug-likeness (QED) is 0.184. The summed E-state index contributed by atoms with van der Waals surface area (Å²) in [4.78, 5) is 24.5. The number of halogens is 6. The Bertz CT molecular complexity index is 1850. The van der Waals surface area contributed by atoms with Crippen molar-refractivity contribution in [3.63, 3.8) is 0 Å². The minimum absolute atomic E-state index is 0. The van der Waals surface area contributed by atoms with Gasteiger partial charge < -0.3 is 9.64 Å². The summed E-state index contributed by atoms with van der Waals surface area (Å²) in [5, 5.41) is 10.1. The lowest BCUT2D eigenvalue weighted by molar-refractivity contribution is -0.146. The van der Waals surface area contributed by atoms with E-state index in [9.17, 15) is 18.0 Å². The molecule has 0 unspecified atom stereocenters. The number of pyridine rings is 1. The minimum atomic E-state index is -4.73. The Morgan fingerprint density at radius 1 is 0.885 bits per heavy atom. The van der Waals surface area contributed by atoms with Gasteiger partial charge in [0.2, 0.25) is 0 Å². The number of carbonyl (C=O) groups excluding carboxylic acids is 1. The summed E-state index contributed by atoms with van der Waals surface area (Å²) in [5.74, 6) is -0.687. The highest BCUT2D eigenvalue weighted by atomic mass is 35.5. The molecule has 0 radical (unpaired) electrons. The fourth-order valence-electron chi connectivity index (χ4n) is 7.25. The molecule has 0 N–H and O–H groups in total. The van der Waals surface area contributed by atoms with E-state index in [2.05, 4.69) is 78.8 Å². The van der Waals surface area contributed by atoms with Gasteiger partial charge in [-0.1, -0.05) is 60.7 Å². The number of alkyl halides is 3. The van der Waals surface area contributed by atoms with Crippen molar-refractivity contribution in [2.24, 2.45) is 0 Å². The van der Waals surface area contributed by atoms with Crippen molar-refractivity contribution in [1.29, 1.82) is 0 Å². The van der Waals surface area contributed by atoms with Gasteiger partial charge in [-0.25, -0.2) is 0 Å². The van der Waals surface area contributed by atoms with Crippen molar-refractivity contribution in [2.45, 2.75) is 30.7 Å². The molecule has 52 heavy (non-hydrogen) atoms. The zero-order chi connectivity index (χ0) is 34.0. The van der Waals surface area contributed by atoms with Crippen LogP contribution >= 0.6 is 37.2 Å². The number of piperazine rings is 2. The van der Waals surface area contributed by atoms with E-state index in [0.717, 1.165) is 0 Å². The normalized spacial score (nSPS) is 17.7. The third-order valence-corrected chi connectivity index (χ3v) is 9.39. The Morgan fingerprint density at radius 2 is 1.58 bits per heavy atom. The number of aromatic nitrogens is 5. The highest BCUT2D eigenvalue weighted by Crippen LogP contribution is 2.37. The predicted molar refractivity (Wildman–Crippen MR) is 197 cm³/mol. The molecule has 2 aromatic heterocycles. The zero-order valence-corrected chi connectivity index (χ0v) is 30.5. The fraction of sp³-hybridized carbons (Fsp3) is 0.306. The number of hydrogen-bond donors (Lipinski definition) is 0. The number of hydrogen-bond acceptors (Lipinski definition) is 8. The lowest BCUT2D eigenvalue weighted by atomic mass is 9.81. The highest BCUT2D eigenvalue weighted by molar-refractivity contribution is 5.94. The number of nitrogens with zero attached hydrogens (tertiary/aromatic N) is 8. The number of tetrazole rings is 1. The van der Waals surface area contributed by atoms with Gasteiger partial charge >= 0.3 is 6.18 Å². The van der Waals surface area contributed by atoms with Crippen LogP contribution < -0.4 is 4.74 Å². The molecule has 0 saturated carbocycles. The lowest BCUT2D eigenvalue weighted by Gasteiger charge is -2.53. The lowest BCUT2D eigenvalue weighted by Crippen LogP contribution is -2.67. The van der Waals surface area contributed by atoms with Crippen molar-refractivity contribution in [2.75, 3.05) is 39.8 Å². The van der Waals surface area contributed by atoms with Crippen molar-refractivity contribution < 1.29 is 22.7 Å². The Balaban J connectivity index is 0.00000202. The average molecular weight is 778 g/mol. The maximum atomic E-state index is 13.7. The molecule has 1 amide bonds. The van der Waals surface area contributed by atoms with Crippen LogP contribution in [0.25, 0.3) is 5.69 Å². The monoisotopic (exact) mass is 776 g/mol. The molecular weight excluding hydrogens is 740 g/mol. The average Bonchev–Trinajstić information content (AvgIpc) is 3.64. The van der Waals surface area contributed by atoms with Gasteiger partial charge in [0.25, 0.3) is 11.7 Å². The van der Waals surface area contributed by atoms with E-state index in [1.807, 2.05) is 17.0 Å². The minimum Gasteiger partial charge on any atom is -0.496 e. The van der Waals surface area contributed by atoms with E-state index in [-0.39, 0.29) is 66.8 Å². The maximum absolute atomic E-state index is 13.7. The molecule has 2 aliphatic heterocycles. The van der Waals surface area contributed by atoms with Crippen LogP contribution in [0, 0.1) is 0 Å². The van der Waals surface area contributed by atoms with E-state index in [4.69, 9.17) is 4.74 Å². The third-order valence-electron chi connectivity index (χ3n) is 9.39. The van der Waals surface area contributed by atoms with E-state index < -0.39 is 12.0 Å². The fourth-order valence-corrected chi connectivity index (χ4v) is 7.25. The van der Waals surface area contributed by atoms with Gasteiger partial charge in [-0.3, -0.25) is 19.6 Å². The second-order valence-corrected chi connectivity index (χ2v) is 12.4. The molecule has 0 bridgehead atoms. The number of carbonyl (C=O) groups is 1. The Kier molecular flexibility index (Phi) is 13.6. The summed E-state index contributed by atoms with van der Waals surface area (Å²) in [5.41, 5.74) is 3.80. The molecule has 10 nitrogen and oxygen atoms in total. The van der Waals surface area contributed by atoms with Gasteiger partial charge in [0.05, 0.1) is 18.4 Å². The molecule has 2 saturated heterocycles. The Labute approximate surface area is 318 Å². The first-order valence-electron chi connectivity index (χ1n) is 16.1. The Hall–Kier alpha value is -4.27. The summed E-state index contributed by atoms with van der Waals surface area (Å²) in [6, 6.07) is 29.3. The van der Waals surface area contributed by atoms with Crippen LogP contribution in [0.2, 0.25) is 0 Å². The van der Waals surface area contributed by atoms with Crippen LogP contribution in [0.1, 0.15) is 38.8 Å². The third kappa shape index (κ3) is 8.50.